The van der Waals surface area contributed by atoms with Crippen LogP contribution in [0.25, 0.3) is 11.1 Å². The Morgan fingerprint density at radius 2 is 1.58 bits per heavy atom. The zero-order chi connectivity index (χ0) is 24.1. The molecule has 0 aliphatic rings. The lowest BCUT2D eigenvalue weighted by molar-refractivity contribution is -0.138. The van der Waals surface area contributed by atoms with Crippen LogP contribution >= 0.6 is 0 Å². The second kappa shape index (κ2) is 13.5. The van der Waals surface area contributed by atoms with Crippen molar-refractivity contribution in [3.05, 3.63) is 60.2 Å². The fourth-order valence-corrected chi connectivity index (χ4v) is 3.10. The average molecular weight is 456 g/mol. The van der Waals surface area contributed by atoms with Gasteiger partial charge < -0.3 is 25.8 Å². The molecule has 176 valence electrons. The minimum Gasteiger partial charge on any atom is -0.481 e. The van der Waals surface area contributed by atoms with Crippen molar-refractivity contribution < 1.29 is 29.0 Å². The zero-order valence-corrected chi connectivity index (χ0v) is 18.5. The summed E-state index contributed by atoms with van der Waals surface area (Å²) in [5.41, 5.74) is 2.66. The molecule has 0 saturated carbocycles. The fourth-order valence-electron chi connectivity index (χ4n) is 3.10. The number of benzene rings is 2. The molecule has 0 radical (unpaired) electrons. The highest BCUT2D eigenvalue weighted by molar-refractivity contribution is 5.85. The number of amides is 3. The first kappa shape index (κ1) is 25.4. The molecule has 0 saturated heterocycles. The lowest BCUT2D eigenvalue weighted by Gasteiger charge is -2.18. The van der Waals surface area contributed by atoms with Crippen molar-refractivity contribution in [3.63, 3.8) is 0 Å². The number of alkyl carbamates (subject to hydrolysis) is 1. The summed E-state index contributed by atoms with van der Waals surface area (Å²) in [7, 11) is 0. The van der Waals surface area contributed by atoms with Gasteiger partial charge in [-0.25, -0.2) is 4.79 Å². The van der Waals surface area contributed by atoms with E-state index < -0.39 is 24.0 Å². The molecule has 0 aliphatic heterocycles. The van der Waals surface area contributed by atoms with Crippen LogP contribution in [0.3, 0.4) is 0 Å². The summed E-state index contributed by atoms with van der Waals surface area (Å²) in [5.74, 6) is -1.89. The van der Waals surface area contributed by atoms with Gasteiger partial charge in [-0.05, 0) is 30.0 Å². The number of hydrogen-bond acceptors (Lipinski definition) is 5. The van der Waals surface area contributed by atoms with Crippen molar-refractivity contribution >= 4 is 23.9 Å². The Bertz CT molecular complexity index is 931. The van der Waals surface area contributed by atoms with Crippen LogP contribution in [0.5, 0.6) is 0 Å². The lowest BCUT2D eigenvalue weighted by Crippen LogP contribution is -2.39. The van der Waals surface area contributed by atoms with Crippen LogP contribution in [-0.4, -0.2) is 48.7 Å². The summed E-state index contributed by atoms with van der Waals surface area (Å²) < 4.78 is 4.71. The van der Waals surface area contributed by atoms with E-state index in [0.29, 0.717) is 12.0 Å². The van der Waals surface area contributed by atoms with Gasteiger partial charge in [0.1, 0.15) is 0 Å². The van der Waals surface area contributed by atoms with Crippen molar-refractivity contribution in [2.24, 2.45) is 0 Å². The molecule has 33 heavy (non-hydrogen) atoms. The maximum Gasteiger partial charge on any atom is 0.407 e. The van der Waals surface area contributed by atoms with Crippen LogP contribution in [0.15, 0.2) is 54.6 Å². The molecule has 0 spiro atoms. The Morgan fingerprint density at radius 1 is 0.909 bits per heavy atom. The minimum atomic E-state index is -1.05. The van der Waals surface area contributed by atoms with Gasteiger partial charge in [0.15, 0.2) is 0 Å². The first-order chi connectivity index (χ1) is 15.9. The predicted molar refractivity (Wildman–Crippen MR) is 122 cm³/mol. The molecular formula is C24H29N3O6. The van der Waals surface area contributed by atoms with E-state index in [1.54, 1.807) is 19.1 Å². The molecule has 1 atom stereocenters. The third-order valence-electron chi connectivity index (χ3n) is 4.71. The molecule has 0 aromatic heterocycles. The van der Waals surface area contributed by atoms with Gasteiger partial charge in [-0.3, -0.25) is 14.4 Å². The topological polar surface area (TPSA) is 134 Å². The molecule has 4 N–H and O–H groups in total. The highest BCUT2D eigenvalue weighted by Gasteiger charge is 2.18. The Hall–Kier alpha value is -3.88. The molecule has 9 nitrogen and oxygen atoms in total. The van der Waals surface area contributed by atoms with Crippen LogP contribution in [0.4, 0.5) is 4.79 Å². The molecule has 0 bridgehead atoms. The number of rotatable bonds is 12. The van der Waals surface area contributed by atoms with Gasteiger partial charge >= 0.3 is 12.1 Å². The van der Waals surface area contributed by atoms with Gasteiger partial charge in [0.25, 0.3) is 0 Å². The molecule has 1 unspecified atom stereocenters. The second-order valence-corrected chi connectivity index (χ2v) is 7.23. The van der Waals surface area contributed by atoms with Crippen LogP contribution in [0, 0.1) is 0 Å². The second-order valence-electron chi connectivity index (χ2n) is 7.23. The molecule has 9 heteroatoms. The van der Waals surface area contributed by atoms with Crippen molar-refractivity contribution in [2.45, 2.75) is 32.2 Å². The summed E-state index contributed by atoms with van der Waals surface area (Å²) in [6.07, 6.45) is -0.316. The third kappa shape index (κ3) is 9.42. The Balaban J connectivity index is 1.84. The molecule has 0 fully saturated rings. The van der Waals surface area contributed by atoms with Crippen molar-refractivity contribution in [1.29, 1.82) is 0 Å². The number of nitrogens with one attached hydrogen (secondary N) is 3. The normalized spacial score (nSPS) is 11.2. The number of aliphatic carboxylic acids is 1. The van der Waals surface area contributed by atoms with Crippen molar-refractivity contribution in [1.82, 2.24) is 16.0 Å². The van der Waals surface area contributed by atoms with Gasteiger partial charge in [-0.2, -0.15) is 0 Å². The van der Waals surface area contributed by atoms with E-state index in [1.807, 2.05) is 42.5 Å². The predicted octanol–water partition coefficient (Wildman–Crippen LogP) is 2.63. The summed E-state index contributed by atoms with van der Waals surface area (Å²) in [6.45, 7) is 1.96. The molecule has 0 aliphatic carbocycles. The number of carboxylic acid groups (broad SMARTS) is 1. The molecule has 0 heterocycles. The smallest absolute Gasteiger partial charge is 0.407 e. The highest BCUT2D eigenvalue weighted by atomic mass is 16.5. The first-order valence-corrected chi connectivity index (χ1v) is 10.7. The number of carbonyl (C=O) groups excluding carboxylic acids is 3. The number of ether oxygens (including phenoxy) is 1. The van der Waals surface area contributed by atoms with E-state index >= 15 is 0 Å². The largest absolute Gasteiger partial charge is 0.481 e. The fraction of sp³-hybridized carbons (Fsp3) is 0.333. The average Bonchev–Trinajstić information content (AvgIpc) is 2.81. The molecular weight excluding hydrogens is 426 g/mol. The van der Waals surface area contributed by atoms with Crippen LogP contribution in [0.2, 0.25) is 0 Å². The first-order valence-electron chi connectivity index (χ1n) is 10.7. The van der Waals surface area contributed by atoms with Crippen LogP contribution < -0.4 is 16.0 Å². The van der Waals surface area contributed by atoms with Gasteiger partial charge in [0.2, 0.25) is 11.8 Å². The highest BCUT2D eigenvalue weighted by Crippen LogP contribution is 2.23. The van der Waals surface area contributed by atoms with E-state index in [-0.39, 0.29) is 38.4 Å². The molecule has 3 amide bonds. The van der Waals surface area contributed by atoms with Crippen LogP contribution in [0.1, 0.15) is 37.8 Å². The van der Waals surface area contributed by atoms with E-state index in [4.69, 9.17) is 4.74 Å². The molecule has 2 rings (SSSR count). The minimum absolute atomic E-state index is 0.124. The van der Waals surface area contributed by atoms with E-state index in [0.717, 1.165) is 11.1 Å². The number of carboxylic acids is 1. The summed E-state index contributed by atoms with van der Waals surface area (Å²) >= 11 is 0. The summed E-state index contributed by atoms with van der Waals surface area (Å²) in [6, 6.07) is 16.3. The Kier molecular flexibility index (Phi) is 10.4. The SMILES string of the molecule is CCOC(=O)NCCCC(=O)NCC(=O)NC(CC(=O)O)c1ccc(-c2ccccc2)cc1. The lowest BCUT2D eigenvalue weighted by atomic mass is 9.99. The Morgan fingerprint density at radius 3 is 2.21 bits per heavy atom. The van der Waals surface area contributed by atoms with Crippen molar-refractivity contribution in [2.75, 3.05) is 19.7 Å². The van der Waals surface area contributed by atoms with E-state index in [2.05, 4.69) is 16.0 Å². The maximum atomic E-state index is 12.3. The standard InChI is InChI=1S/C24H29N3O6/c1-2-33-24(32)25-14-6-9-21(28)26-16-22(29)27-20(15-23(30)31)19-12-10-18(11-13-19)17-7-4-3-5-8-17/h3-5,7-8,10-13,20H,2,6,9,14-16H2,1H3,(H,25,32)(H,26,28)(H,27,29)(H,30,31). The van der Waals surface area contributed by atoms with E-state index in [9.17, 15) is 24.3 Å². The maximum absolute atomic E-state index is 12.3. The van der Waals surface area contributed by atoms with Gasteiger partial charge in [-0.15, -0.1) is 0 Å². The number of carbonyl (C=O) groups is 4. The van der Waals surface area contributed by atoms with Crippen molar-refractivity contribution in [3.8, 4) is 11.1 Å². The summed E-state index contributed by atoms with van der Waals surface area (Å²) in [4.78, 5) is 46.7. The third-order valence-corrected chi connectivity index (χ3v) is 4.71. The number of hydrogen-bond donors (Lipinski definition) is 4. The van der Waals surface area contributed by atoms with Gasteiger partial charge in [0.05, 0.1) is 25.6 Å². The van der Waals surface area contributed by atoms with Crippen LogP contribution in [-0.2, 0) is 19.1 Å². The molecule has 2 aromatic carbocycles. The quantitative estimate of drug-likeness (QED) is 0.364. The monoisotopic (exact) mass is 455 g/mol. The van der Waals surface area contributed by atoms with Gasteiger partial charge in [-0.1, -0.05) is 54.6 Å². The molecule has 2 aromatic rings. The van der Waals surface area contributed by atoms with E-state index in [1.165, 1.54) is 0 Å². The van der Waals surface area contributed by atoms with Gasteiger partial charge in [0, 0.05) is 13.0 Å². The summed E-state index contributed by atoms with van der Waals surface area (Å²) in [5, 5.41) is 16.9. The zero-order valence-electron chi connectivity index (χ0n) is 18.5. The Labute approximate surface area is 192 Å².